The first-order valence-corrected chi connectivity index (χ1v) is 8.56. The lowest BCUT2D eigenvalue weighted by Crippen LogP contribution is -2.44. The lowest BCUT2D eigenvalue weighted by Gasteiger charge is -2.29. The molecule has 1 fully saturated rings. The van der Waals surface area contributed by atoms with E-state index in [9.17, 15) is 0 Å². The van der Waals surface area contributed by atoms with Gasteiger partial charge in [0.2, 0.25) is 5.95 Å². The van der Waals surface area contributed by atoms with Gasteiger partial charge in [0.15, 0.2) is 5.65 Å². The van der Waals surface area contributed by atoms with Crippen molar-refractivity contribution >= 4 is 27.5 Å². The van der Waals surface area contributed by atoms with E-state index in [1.54, 1.807) is 0 Å². The van der Waals surface area contributed by atoms with Crippen LogP contribution in [0.25, 0.3) is 5.65 Å². The molecule has 114 valence electrons. The van der Waals surface area contributed by atoms with E-state index in [1.807, 2.05) is 22.8 Å². The van der Waals surface area contributed by atoms with Crippen LogP contribution in [-0.4, -0.2) is 40.3 Å². The van der Waals surface area contributed by atoms with Gasteiger partial charge in [0.25, 0.3) is 0 Å². The highest BCUT2D eigenvalue weighted by Crippen LogP contribution is 2.17. The Labute approximate surface area is 133 Å². The van der Waals surface area contributed by atoms with Crippen molar-refractivity contribution in [1.29, 1.82) is 0 Å². The highest BCUT2D eigenvalue weighted by atomic mass is 79.9. The molecule has 0 amide bonds. The van der Waals surface area contributed by atoms with Crippen molar-refractivity contribution < 1.29 is 0 Å². The number of aromatic nitrogens is 3. The number of piperidine rings is 1. The summed E-state index contributed by atoms with van der Waals surface area (Å²) < 4.78 is 2.86. The normalized spacial score (nSPS) is 19.0. The van der Waals surface area contributed by atoms with Crippen LogP contribution in [0.2, 0.25) is 0 Å². The summed E-state index contributed by atoms with van der Waals surface area (Å²) in [7, 11) is 0. The van der Waals surface area contributed by atoms with Crippen LogP contribution in [0.5, 0.6) is 0 Å². The zero-order chi connectivity index (χ0) is 14.7. The second-order valence-corrected chi connectivity index (χ2v) is 6.57. The molecule has 0 aliphatic carbocycles. The Morgan fingerprint density at radius 1 is 1.43 bits per heavy atom. The Balaban J connectivity index is 1.80. The molecule has 1 N–H and O–H groups in total. The van der Waals surface area contributed by atoms with Crippen LogP contribution in [0.4, 0.5) is 5.95 Å². The van der Waals surface area contributed by atoms with Crippen molar-refractivity contribution in [2.75, 3.05) is 24.5 Å². The average molecular weight is 352 g/mol. The first kappa shape index (κ1) is 14.8. The van der Waals surface area contributed by atoms with E-state index in [0.717, 1.165) is 42.1 Å². The van der Waals surface area contributed by atoms with Gasteiger partial charge in [-0.25, -0.2) is 4.52 Å². The molecule has 0 spiro atoms. The van der Waals surface area contributed by atoms with Crippen molar-refractivity contribution in [3.63, 3.8) is 0 Å². The third kappa shape index (κ3) is 3.55. The second kappa shape index (κ2) is 6.75. The fourth-order valence-electron chi connectivity index (χ4n) is 2.87. The molecular weight excluding hydrogens is 330 g/mol. The standard InChI is InChI=1S/C15H22BrN5/c1-2-9-20(11-13-5-3-4-8-17-13)15-18-14-7-6-12(16)10-21(14)19-15/h6-7,10,13,17H,2-5,8-9,11H2,1H3. The predicted octanol–water partition coefficient (Wildman–Crippen LogP) is 2.85. The van der Waals surface area contributed by atoms with Crippen LogP contribution in [0.1, 0.15) is 32.6 Å². The molecule has 0 saturated carbocycles. The lowest BCUT2D eigenvalue weighted by molar-refractivity contribution is 0.397. The summed E-state index contributed by atoms with van der Waals surface area (Å²) >= 11 is 3.48. The largest absolute Gasteiger partial charge is 0.338 e. The van der Waals surface area contributed by atoms with E-state index in [2.05, 4.69) is 43.2 Å². The predicted molar refractivity (Wildman–Crippen MR) is 88.8 cm³/mol. The molecule has 1 saturated heterocycles. The molecule has 2 aromatic rings. The summed E-state index contributed by atoms with van der Waals surface area (Å²) in [5.41, 5.74) is 0.894. The molecule has 1 aliphatic rings. The van der Waals surface area contributed by atoms with Gasteiger partial charge < -0.3 is 10.2 Å². The summed E-state index contributed by atoms with van der Waals surface area (Å²) in [5, 5.41) is 8.24. The number of fused-ring (bicyclic) bond motifs is 1. The number of pyridine rings is 1. The van der Waals surface area contributed by atoms with Crippen molar-refractivity contribution in [3.05, 3.63) is 22.8 Å². The molecule has 1 unspecified atom stereocenters. The Hall–Kier alpha value is -1.14. The van der Waals surface area contributed by atoms with Gasteiger partial charge in [0.1, 0.15) is 0 Å². The van der Waals surface area contributed by atoms with Crippen molar-refractivity contribution in [3.8, 4) is 0 Å². The molecule has 3 rings (SSSR count). The minimum absolute atomic E-state index is 0.559. The summed E-state index contributed by atoms with van der Waals surface area (Å²) in [6, 6.07) is 4.55. The topological polar surface area (TPSA) is 45.5 Å². The molecule has 3 heterocycles. The number of nitrogens with one attached hydrogen (secondary N) is 1. The maximum atomic E-state index is 4.67. The maximum absolute atomic E-state index is 4.67. The number of rotatable bonds is 5. The van der Waals surface area contributed by atoms with Crippen molar-refractivity contribution in [2.45, 2.75) is 38.6 Å². The Morgan fingerprint density at radius 2 is 2.33 bits per heavy atom. The zero-order valence-electron chi connectivity index (χ0n) is 12.4. The molecular formula is C15H22BrN5. The number of hydrogen-bond acceptors (Lipinski definition) is 4. The first-order valence-electron chi connectivity index (χ1n) is 7.76. The molecule has 5 nitrogen and oxygen atoms in total. The maximum Gasteiger partial charge on any atom is 0.245 e. The minimum Gasteiger partial charge on any atom is -0.338 e. The van der Waals surface area contributed by atoms with Gasteiger partial charge in [-0.05, 0) is 53.9 Å². The van der Waals surface area contributed by atoms with Gasteiger partial charge in [-0.1, -0.05) is 13.3 Å². The third-order valence-corrected chi connectivity index (χ3v) is 4.38. The zero-order valence-corrected chi connectivity index (χ0v) is 14.0. The van der Waals surface area contributed by atoms with Gasteiger partial charge in [0.05, 0.1) is 0 Å². The van der Waals surface area contributed by atoms with Crippen LogP contribution >= 0.6 is 15.9 Å². The van der Waals surface area contributed by atoms with E-state index < -0.39 is 0 Å². The molecule has 0 aromatic carbocycles. The van der Waals surface area contributed by atoms with E-state index in [1.165, 1.54) is 19.3 Å². The van der Waals surface area contributed by atoms with Crippen LogP contribution < -0.4 is 10.2 Å². The van der Waals surface area contributed by atoms with E-state index in [-0.39, 0.29) is 0 Å². The Bertz CT molecular complexity index is 591. The van der Waals surface area contributed by atoms with Crippen molar-refractivity contribution in [1.82, 2.24) is 19.9 Å². The number of anilines is 1. The van der Waals surface area contributed by atoms with E-state index in [0.29, 0.717) is 6.04 Å². The second-order valence-electron chi connectivity index (χ2n) is 5.65. The highest BCUT2D eigenvalue weighted by molar-refractivity contribution is 9.10. The molecule has 1 aliphatic heterocycles. The molecule has 1 atom stereocenters. The first-order chi connectivity index (χ1) is 10.3. The minimum atomic E-state index is 0.559. The fourth-order valence-corrected chi connectivity index (χ4v) is 3.20. The monoisotopic (exact) mass is 351 g/mol. The van der Waals surface area contributed by atoms with Crippen LogP contribution in [0, 0.1) is 0 Å². The van der Waals surface area contributed by atoms with Gasteiger partial charge in [-0.3, -0.25) is 0 Å². The van der Waals surface area contributed by atoms with Crippen molar-refractivity contribution in [2.24, 2.45) is 0 Å². The molecule has 21 heavy (non-hydrogen) atoms. The molecule has 6 heteroatoms. The highest BCUT2D eigenvalue weighted by Gasteiger charge is 2.19. The SMILES string of the molecule is CCCN(CC1CCCCN1)c1nc2ccc(Br)cn2n1. The Kier molecular flexibility index (Phi) is 4.75. The van der Waals surface area contributed by atoms with E-state index in [4.69, 9.17) is 0 Å². The summed E-state index contributed by atoms with van der Waals surface area (Å²) in [5.74, 6) is 0.835. The molecule has 0 bridgehead atoms. The number of halogens is 1. The molecule has 0 radical (unpaired) electrons. The lowest BCUT2D eigenvalue weighted by atomic mass is 10.0. The van der Waals surface area contributed by atoms with Crippen LogP contribution in [0.3, 0.4) is 0 Å². The third-order valence-electron chi connectivity index (χ3n) is 3.91. The van der Waals surface area contributed by atoms with Gasteiger partial charge in [0, 0.05) is 29.8 Å². The van der Waals surface area contributed by atoms with Crippen LogP contribution in [0.15, 0.2) is 22.8 Å². The smallest absolute Gasteiger partial charge is 0.245 e. The quantitative estimate of drug-likeness (QED) is 0.899. The Morgan fingerprint density at radius 3 is 3.10 bits per heavy atom. The number of nitrogens with zero attached hydrogens (tertiary/aromatic N) is 4. The summed E-state index contributed by atoms with van der Waals surface area (Å²) in [6.07, 6.45) is 6.92. The van der Waals surface area contributed by atoms with Crippen LogP contribution in [-0.2, 0) is 0 Å². The van der Waals surface area contributed by atoms with Gasteiger partial charge in [-0.15, -0.1) is 5.10 Å². The fraction of sp³-hybridized carbons (Fsp3) is 0.600. The van der Waals surface area contributed by atoms with Gasteiger partial charge >= 0.3 is 0 Å². The average Bonchev–Trinajstić information content (AvgIpc) is 2.91. The number of hydrogen-bond donors (Lipinski definition) is 1. The van der Waals surface area contributed by atoms with Gasteiger partial charge in [-0.2, -0.15) is 4.98 Å². The van der Waals surface area contributed by atoms with E-state index >= 15 is 0 Å². The summed E-state index contributed by atoms with van der Waals surface area (Å²) in [4.78, 5) is 6.98. The summed E-state index contributed by atoms with van der Waals surface area (Å²) in [6.45, 7) is 5.33. The molecule has 2 aromatic heterocycles.